The van der Waals surface area contributed by atoms with Crippen molar-refractivity contribution in [1.29, 1.82) is 0 Å². The Bertz CT molecular complexity index is 644. The summed E-state index contributed by atoms with van der Waals surface area (Å²) in [7, 11) is 0. The molecule has 0 radical (unpaired) electrons. The molecule has 3 heterocycles. The SMILES string of the molecule is Cc1cc(C(=O)N2CCC[C@H]2c2cc(C(C)C)on2)on1. The van der Waals surface area contributed by atoms with Gasteiger partial charge in [-0.25, -0.2) is 0 Å². The molecule has 21 heavy (non-hydrogen) atoms. The lowest BCUT2D eigenvalue weighted by atomic mass is 10.1. The monoisotopic (exact) mass is 289 g/mol. The van der Waals surface area contributed by atoms with Crippen molar-refractivity contribution >= 4 is 5.91 Å². The highest BCUT2D eigenvalue weighted by molar-refractivity contribution is 5.91. The smallest absolute Gasteiger partial charge is 0.293 e. The number of amides is 1. The lowest BCUT2D eigenvalue weighted by Gasteiger charge is -2.21. The molecule has 3 rings (SSSR count). The molecule has 0 aliphatic carbocycles. The van der Waals surface area contributed by atoms with Gasteiger partial charge in [0.25, 0.3) is 5.91 Å². The number of carbonyl (C=O) groups excluding carboxylic acids is 1. The molecule has 0 spiro atoms. The van der Waals surface area contributed by atoms with Gasteiger partial charge >= 0.3 is 0 Å². The average Bonchev–Trinajstić information content (AvgIpc) is 3.17. The molecule has 1 aliphatic rings. The van der Waals surface area contributed by atoms with Gasteiger partial charge in [-0.05, 0) is 19.8 Å². The first kappa shape index (κ1) is 13.9. The summed E-state index contributed by atoms with van der Waals surface area (Å²) in [5.41, 5.74) is 1.53. The average molecular weight is 289 g/mol. The van der Waals surface area contributed by atoms with Crippen molar-refractivity contribution in [3.05, 3.63) is 35.0 Å². The second-order valence-corrected chi connectivity index (χ2v) is 5.80. The van der Waals surface area contributed by atoms with Crippen LogP contribution in [0, 0.1) is 6.92 Å². The van der Waals surface area contributed by atoms with Crippen LogP contribution in [0.1, 0.15) is 66.4 Å². The fourth-order valence-corrected chi connectivity index (χ4v) is 2.66. The number of likely N-dealkylation sites (tertiary alicyclic amines) is 1. The van der Waals surface area contributed by atoms with E-state index in [1.807, 2.05) is 6.07 Å². The van der Waals surface area contributed by atoms with Crippen molar-refractivity contribution in [2.24, 2.45) is 0 Å². The van der Waals surface area contributed by atoms with Gasteiger partial charge in [-0.1, -0.05) is 24.2 Å². The Labute approximate surface area is 123 Å². The highest BCUT2D eigenvalue weighted by Gasteiger charge is 2.34. The lowest BCUT2D eigenvalue weighted by molar-refractivity contribution is 0.0688. The van der Waals surface area contributed by atoms with Gasteiger partial charge in [0, 0.05) is 24.6 Å². The molecule has 1 saturated heterocycles. The molecule has 2 aromatic rings. The van der Waals surface area contributed by atoms with E-state index in [-0.39, 0.29) is 23.6 Å². The van der Waals surface area contributed by atoms with E-state index in [4.69, 9.17) is 9.05 Å². The Hall–Kier alpha value is -2.11. The van der Waals surface area contributed by atoms with Crippen LogP contribution >= 0.6 is 0 Å². The summed E-state index contributed by atoms with van der Waals surface area (Å²) in [6.45, 7) is 6.61. The maximum Gasteiger partial charge on any atom is 0.293 e. The summed E-state index contributed by atoms with van der Waals surface area (Å²) in [6.07, 6.45) is 1.84. The lowest BCUT2D eigenvalue weighted by Crippen LogP contribution is -2.30. The van der Waals surface area contributed by atoms with E-state index in [0.717, 1.165) is 24.3 Å². The van der Waals surface area contributed by atoms with Crippen LogP contribution < -0.4 is 0 Å². The Morgan fingerprint density at radius 3 is 2.76 bits per heavy atom. The third-order valence-corrected chi connectivity index (χ3v) is 3.81. The van der Waals surface area contributed by atoms with Gasteiger partial charge in [0.1, 0.15) is 11.5 Å². The molecular formula is C15H19N3O3. The highest BCUT2D eigenvalue weighted by Crippen LogP contribution is 2.33. The number of aromatic nitrogens is 2. The van der Waals surface area contributed by atoms with Crippen molar-refractivity contribution in [2.75, 3.05) is 6.54 Å². The molecule has 0 bridgehead atoms. The minimum Gasteiger partial charge on any atom is -0.361 e. The fourth-order valence-electron chi connectivity index (χ4n) is 2.66. The van der Waals surface area contributed by atoms with Crippen LogP contribution in [0.2, 0.25) is 0 Å². The maximum atomic E-state index is 12.5. The van der Waals surface area contributed by atoms with Gasteiger partial charge in [0.15, 0.2) is 0 Å². The summed E-state index contributed by atoms with van der Waals surface area (Å²) in [4.78, 5) is 14.3. The van der Waals surface area contributed by atoms with Crippen molar-refractivity contribution in [2.45, 2.75) is 45.6 Å². The molecular weight excluding hydrogens is 270 g/mol. The molecule has 0 aromatic carbocycles. The zero-order chi connectivity index (χ0) is 15.0. The van der Waals surface area contributed by atoms with Gasteiger partial charge in [-0.2, -0.15) is 0 Å². The summed E-state index contributed by atoms with van der Waals surface area (Å²) in [6, 6.07) is 3.58. The third-order valence-electron chi connectivity index (χ3n) is 3.81. The van der Waals surface area contributed by atoms with Crippen molar-refractivity contribution < 1.29 is 13.8 Å². The molecule has 0 N–H and O–H groups in total. The maximum absolute atomic E-state index is 12.5. The van der Waals surface area contributed by atoms with Gasteiger partial charge in [-0.3, -0.25) is 4.79 Å². The first-order valence-electron chi connectivity index (χ1n) is 7.27. The molecule has 6 nitrogen and oxygen atoms in total. The standard InChI is InChI=1S/C15H19N3O3/c1-9(2)13-8-11(17-20-13)12-5-4-6-18(12)15(19)14-7-10(3)16-21-14/h7-9,12H,4-6H2,1-3H3/t12-/m0/s1. The minimum atomic E-state index is -0.132. The van der Waals surface area contributed by atoms with Crippen LogP contribution in [0.3, 0.4) is 0 Å². The summed E-state index contributed by atoms with van der Waals surface area (Å²) in [5, 5.41) is 7.91. The predicted octanol–water partition coefficient (Wildman–Crippen LogP) is 3.07. The molecule has 1 amide bonds. The van der Waals surface area contributed by atoms with E-state index in [2.05, 4.69) is 24.2 Å². The second-order valence-electron chi connectivity index (χ2n) is 5.80. The zero-order valence-electron chi connectivity index (χ0n) is 12.5. The van der Waals surface area contributed by atoms with Crippen molar-refractivity contribution in [1.82, 2.24) is 15.2 Å². The Kier molecular flexibility index (Phi) is 3.53. The summed E-state index contributed by atoms with van der Waals surface area (Å²) in [5.74, 6) is 1.28. The molecule has 1 atom stereocenters. The number of hydrogen-bond donors (Lipinski definition) is 0. The zero-order valence-corrected chi connectivity index (χ0v) is 12.5. The quantitative estimate of drug-likeness (QED) is 0.868. The number of hydrogen-bond acceptors (Lipinski definition) is 5. The highest BCUT2D eigenvalue weighted by atomic mass is 16.5. The topological polar surface area (TPSA) is 72.4 Å². The van der Waals surface area contributed by atoms with Crippen LogP contribution in [-0.4, -0.2) is 27.7 Å². The van der Waals surface area contributed by atoms with Crippen LogP contribution in [0.4, 0.5) is 0 Å². The molecule has 1 aliphatic heterocycles. The largest absolute Gasteiger partial charge is 0.361 e. The third kappa shape index (κ3) is 2.57. The summed E-state index contributed by atoms with van der Waals surface area (Å²) >= 11 is 0. The Balaban J connectivity index is 1.83. The van der Waals surface area contributed by atoms with Crippen LogP contribution in [-0.2, 0) is 0 Å². The van der Waals surface area contributed by atoms with E-state index >= 15 is 0 Å². The molecule has 2 aromatic heterocycles. The second kappa shape index (κ2) is 5.35. The first-order chi connectivity index (χ1) is 10.1. The molecule has 0 unspecified atom stereocenters. The minimum absolute atomic E-state index is 0.0424. The molecule has 6 heteroatoms. The van der Waals surface area contributed by atoms with Gasteiger partial charge in [-0.15, -0.1) is 0 Å². The fraction of sp³-hybridized carbons (Fsp3) is 0.533. The van der Waals surface area contributed by atoms with E-state index in [1.165, 1.54) is 0 Å². The van der Waals surface area contributed by atoms with Gasteiger partial charge < -0.3 is 13.9 Å². The van der Waals surface area contributed by atoms with E-state index in [1.54, 1.807) is 17.9 Å². The number of rotatable bonds is 3. The Morgan fingerprint density at radius 2 is 2.14 bits per heavy atom. The molecule has 1 fully saturated rings. The van der Waals surface area contributed by atoms with E-state index < -0.39 is 0 Å². The van der Waals surface area contributed by atoms with Crippen LogP contribution in [0.15, 0.2) is 21.2 Å². The van der Waals surface area contributed by atoms with E-state index in [9.17, 15) is 4.79 Å². The number of nitrogens with zero attached hydrogens (tertiary/aromatic N) is 3. The van der Waals surface area contributed by atoms with Crippen molar-refractivity contribution in [3.8, 4) is 0 Å². The molecule has 0 saturated carbocycles. The van der Waals surface area contributed by atoms with Crippen LogP contribution in [0.5, 0.6) is 0 Å². The predicted molar refractivity (Wildman–Crippen MR) is 74.8 cm³/mol. The first-order valence-corrected chi connectivity index (χ1v) is 7.27. The van der Waals surface area contributed by atoms with Gasteiger partial charge in [0.2, 0.25) is 5.76 Å². The normalized spacial score (nSPS) is 18.7. The van der Waals surface area contributed by atoms with Crippen LogP contribution in [0.25, 0.3) is 0 Å². The van der Waals surface area contributed by atoms with Gasteiger partial charge in [0.05, 0.1) is 11.7 Å². The summed E-state index contributed by atoms with van der Waals surface area (Å²) < 4.78 is 10.4. The number of carbonyl (C=O) groups is 1. The van der Waals surface area contributed by atoms with Crippen molar-refractivity contribution in [3.63, 3.8) is 0 Å². The Morgan fingerprint density at radius 1 is 1.33 bits per heavy atom. The van der Waals surface area contributed by atoms with E-state index in [0.29, 0.717) is 12.2 Å². The number of aryl methyl sites for hydroxylation is 1. The molecule has 112 valence electrons.